The summed E-state index contributed by atoms with van der Waals surface area (Å²) < 4.78 is 45.7. The number of rotatable bonds is 2. The van der Waals surface area contributed by atoms with Gasteiger partial charge >= 0.3 is 40.9 Å². The first-order valence-corrected chi connectivity index (χ1v) is 2.23. The Bertz CT molecular complexity index is 156. The molecule has 11 heavy (non-hydrogen) atoms. The van der Waals surface area contributed by atoms with Gasteiger partial charge in [0.2, 0.25) is 0 Å². The second-order valence-electron chi connectivity index (χ2n) is 1.36. The fourth-order valence-corrected chi connectivity index (χ4v) is 0.193. The Morgan fingerprint density at radius 1 is 1.27 bits per heavy atom. The minimum Gasteiger partial charge on any atom is -0.544 e. The van der Waals surface area contributed by atoms with E-state index >= 15 is 0 Å². The van der Waals surface area contributed by atoms with E-state index in [4.69, 9.17) is 0 Å². The molecule has 0 aromatic rings. The van der Waals surface area contributed by atoms with Crippen molar-refractivity contribution in [1.82, 2.24) is 0 Å². The quantitative estimate of drug-likeness (QED) is 0.276. The number of aliphatic carboxylic acids is 1. The van der Waals surface area contributed by atoms with E-state index in [-0.39, 0.29) is 29.6 Å². The van der Waals surface area contributed by atoms with E-state index in [9.17, 15) is 27.5 Å². The van der Waals surface area contributed by atoms with Crippen molar-refractivity contribution in [3.63, 3.8) is 0 Å². The molecule has 0 heterocycles. The minimum atomic E-state index is -5.32. The minimum absolute atomic E-state index is 0. The van der Waals surface area contributed by atoms with Crippen LogP contribution in [0.5, 0.6) is 0 Å². The fraction of sp³-hybridized carbons (Fsp3) is 0.667. The van der Waals surface area contributed by atoms with Gasteiger partial charge in [-0.1, -0.05) is 0 Å². The monoisotopic (exact) mass is 202 g/mol. The van der Waals surface area contributed by atoms with Gasteiger partial charge in [-0.05, 0) is 11.6 Å². The summed E-state index contributed by atoms with van der Waals surface area (Å²) in [7, 11) is 0. The normalized spacial score (nSPS) is 12.1. The molecule has 0 bridgehead atoms. The largest absolute Gasteiger partial charge is 1.00 e. The van der Waals surface area contributed by atoms with Gasteiger partial charge in [-0.2, -0.15) is 17.6 Å². The van der Waals surface area contributed by atoms with Crippen LogP contribution in [0.1, 0.15) is 0 Å². The van der Waals surface area contributed by atoms with Crippen LogP contribution in [-0.2, 0) is 4.79 Å². The van der Waals surface area contributed by atoms with Crippen molar-refractivity contribution in [2.75, 3.05) is 0 Å². The molecule has 0 fully saturated rings. The van der Waals surface area contributed by atoms with Crippen molar-refractivity contribution in [1.29, 1.82) is 0 Å². The van der Waals surface area contributed by atoms with Crippen LogP contribution < -0.4 is 34.7 Å². The van der Waals surface area contributed by atoms with Crippen LogP contribution in [-0.4, -0.2) is 17.3 Å². The summed E-state index contributed by atoms with van der Waals surface area (Å²) in [5.74, 6) is -8.53. The zero-order chi connectivity index (χ0) is 8.58. The summed E-state index contributed by atoms with van der Waals surface area (Å²) in [6.07, 6.45) is 0. The van der Waals surface area contributed by atoms with Crippen LogP contribution in [0.4, 0.5) is 17.6 Å². The van der Waals surface area contributed by atoms with Gasteiger partial charge in [0.25, 0.3) is 0 Å². The van der Waals surface area contributed by atoms with Gasteiger partial charge in [-0.25, -0.2) is 0 Å². The topological polar surface area (TPSA) is 40.1 Å². The van der Waals surface area contributed by atoms with Crippen molar-refractivity contribution < 1.29 is 57.0 Å². The third kappa shape index (κ3) is 3.14. The standard InChI is InChI=1S/C3HClF4O2.Na/c4-3(7,8)2(5,6)1(9)10;/h(H,9,10);/q;+1/p-1. The predicted octanol–water partition coefficient (Wildman–Crippen LogP) is -2.79. The molecule has 0 radical (unpaired) electrons. The second kappa shape index (κ2) is 3.93. The zero-order valence-corrected chi connectivity index (χ0v) is 7.96. The van der Waals surface area contributed by atoms with Crippen molar-refractivity contribution in [2.24, 2.45) is 0 Å². The maximum absolute atomic E-state index is 11.5. The van der Waals surface area contributed by atoms with Gasteiger partial charge in [-0.3, -0.25) is 0 Å². The molecular weight excluding hydrogens is 202 g/mol. The SMILES string of the molecule is O=C([O-])C(F)(F)C(F)(F)Cl.[Na+]. The second-order valence-corrected chi connectivity index (χ2v) is 1.83. The molecule has 60 valence electrons. The van der Waals surface area contributed by atoms with Gasteiger partial charge < -0.3 is 9.90 Å². The predicted molar refractivity (Wildman–Crippen MR) is 20.8 cm³/mol. The molecule has 0 atom stereocenters. The molecule has 0 spiro atoms. The molecule has 0 aliphatic carbocycles. The Balaban J connectivity index is 0. The van der Waals surface area contributed by atoms with Crippen LogP contribution in [0.3, 0.4) is 0 Å². The Kier molecular flexibility index (Phi) is 5.01. The molecule has 0 saturated carbocycles. The van der Waals surface area contributed by atoms with E-state index in [0.29, 0.717) is 0 Å². The van der Waals surface area contributed by atoms with Gasteiger partial charge in [0.05, 0.1) is 0 Å². The van der Waals surface area contributed by atoms with E-state index < -0.39 is 17.3 Å². The first-order chi connectivity index (χ1) is 4.19. The molecule has 0 aliphatic rings. The molecule has 0 unspecified atom stereocenters. The smallest absolute Gasteiger partial charge is 0.544 e. The molecule has 8 heteroatoms. The molecule has 2 nitrogen and oxygen atoms in total. The van der Waals surface area contributed by atoms with Crippen LogP contribution in [0, 0.1) is 0 Å². The van der Waals surface area contributed by atoms with Gasteiger partial charge in [0, 0.05) is 0 Å². The Morgan fingerprint density at radius 2 is 1.55 bits per heavy atom. The molecular formula is C3ClF4NaO2. The van der Waals surface area contributed by atoms with Crippen LogP contribution in [0.25, 0.3) is 0 Å². The third-order valence-corrected chi connectivity index (χ3v) is 0.850. The maximum atomic E-state index is 11.5. The summed E-state index contributed by atoms with van der Waals surface area (Å²) in [5.41, 5.74) is 0. The summed E-state index contributed by atoms with van der Waals surface area (Å²) in [4.78, 5) is 9.24. The molecule has 0 saturated heterocycles. The summed E-state index contributed by atoms with van der Waals surface area (Å²) in [6.45, 7) is 0. The molecule has 0 aliphatic heterocycles. The van der Waals surface area contributed by atoms with Crippen molar-refractivity contribution in [3.05, 3.63) is 0 Å². The summed E-state index contributed by atoms with van der Waals surface area (Å²) in [6, 6.07) is 0. The third-order valence-electron chi connectivity index (χ3n) is 0.612. The first kappa shape index (κ1) is 14.0. The van der Waals surface area contributed by atoms with Crippen molar-refractivity contribution >= 4 is 17.6 Å². The first-order valence-electron chi connectivity index (χ1n) is 1.85. The van der Waals surface area contributed by atoms with Gasteiger partial charge in [0.15, 0.2) is 0 Å². The number of hydrogen-bond donors (Lipinski definition) is 0. The Hall–Kier alpha value is 0.480. The van der Waals surface area contributed by atoms with E-state index in [1.807, 2.05) is 0 Å². The number of carboxylic acids is 1. The number of carbonyl (C=O) groups excluding carboxylic acids is 1. The van der Waals surface area contributed by atoms with E-state index in [2.05, 4.69) is 11.6 Å². The number of hydrogen-bond acceptors (Lipinski definition) is 2. The van der Waals surface area contributed by atoms with Crippen molar-refractivity contribution in [2.45, 2.75) is 11.3 Å². The molecule has 0 rings (SSSR count). The van der Waals surface area contributed by atoms with E-state index in [1.165, 1.54) is 0 Å². The molecule has 0 aromatic heterocycles. The number of alkyl halides is 5. The zero-order valence-electron chi connectivity index (χ0n) is 5.21. The van der Waals surface area contributed by atoms with E-state index in [1.54, 1.807) is 0 Å². The average Bonchev–Trinajstić information content (AvgIpc) is 1.62. The van der Waals surface area contributed by atoms with Crippen molar-refractivity contribution in [3.8, 4) is 0 Å². The Morgan fingerprint density at radius 3 is 1.55 bits per heavy atom. The van der Waals surface area contributed by atoms with Crippen LogP contribution >= 0.6 is 11.6 Å². The van der Waals surface area contributed by atoms with Crippen LogP contribution in [0.2, 0.25) is 0 Å². The van der Waals surface area contributed by atoms with Gasteiger partial charge in [-0.15, -0.1) is 0 Å². The number of carbonyl (C=O) groups is 1. The van der Waals surface area contributed by atoms with E-state index in [0.717, 1.165) is 0 Å². The summed E-state index contributed by atoms with van der Waals surface area (Å²) >= 11 is 3.72. The molecule has 0 amide bonds. The number of carboxylic acid groups (broad SMARTS) is 1. The molecule has 0 aromatic carbocycles. The van der Waals surface area contributed by atoms with Gasteiger partial charge in [0.1, 0.15) is 5.97 Å². The maximum Gasteiger partial charge on any atom is 1.00 e. The van der Waals surface area contributed by atoms with Crippen LogP contribution in [0.15, 0.2) is 0 Å². The summed E-state index contributed by atoms with van der Waals surface area (Å²) in [5, 5.41) is 4.14. The fourth-order valence-electron chi connectivity index (χ4n) is 0.116. The number of halogens is 5. The Labute approximate surface area is 85.8 Å². The average molecular weight is 202 g/mol. The molecule has 0 N–H and O–H groups in total.